The molecule has 0 saturated carbocycles. The molecule has 5 heteroatoms. The van der Waals surface area contributed by atoms with E-state index in [4.69, 9.17) is 4.74 Å². The predicted molar refractivity (Wildman–Crippen MR) is 97.6 cm³/mol. The van der Waals surface area contributed by atoms with Crippen LogP contribution in [-0.2, 0) is 14.3 Å². The van der Waals surface area contributed by atoms with Crippen molar-refractivity contribution in [2.24, 2.45) is 0 Å². The van der Waals surface area contributed by atoms with Crippen LogP contribution in [0.1, 0.15) is 19.4 Å². The van der Waals surface area contributed by atoms with Gasteiger partial charge in [-0.3, -0.25) is 9.69 Å². The first-order valence-electron chi connectivity index (χ1n) is 8.28. The minimum Gasteiger partial charge on any atom is -0.462 e. The topological polar surface area (TPSA) is 46.6 Å². The lowest BCUT2D eigenvalue weighted by Crippen LogP contribution is -2.24. The molecule has 1 amide bonds. The van der Waals surface area contributed by atoms with Gasteiger partial charge in [0, 0.05) is 11.4 Å². The Morgan fingerprint density at radius 1 is 1.12 bits per heavy atom. The van der Waals surface area contributed by atoms with Crippen molar-refractivity contribution in [3.05, 3.63) is 82.8 Å². The molecular formula is C21H18FNO3. The molecule has 1 aliphatic rings. The van der Waals surface area contributed by atoms with Gasteiger partial charge >= 0.3 is 5.97 Å². The number of hydrogen-bond acceptors (Lipinski definition) is 3. The van der Waals surface area contributed by atoms with Crippen molar-refractivity contribution in [2.45, 2.75) is 13.8 Å². The number of benzene rings is 2. The molecule has 2 aromatic carbocycles. The summed E-state index contributed by atoms with van der Waals surface area (Å²) in [5.41, 5.74) is 2.26. The summed E-state index contributed by atoms with van der Waals surface area (Å²) >= 11 is 0. The number of rotatable bonds is 4. The third-order valence-corrected chi connectivity index (χ3v) is 4.08. The summed E-state index contributed by atoms with van der Waals surface area (Å²) in [7, 11) is 0. The average molecular weight is 351 g/mol. The molecule has 0 radical (unpaired) electrons. The maximum Gasteiger partial charge on any atom is 0.340 e. The Labute approximate surface area is 151 Å². The molecule has 26 heavy (non-hydrogen) atoms. The minimum absolute atomic E-state index is 0.207. The van der Waals surface area contributed by atoms with Gasteiger partial charge in [0.15, 0.2) is 0 Å². The van der Waals surface area contributed by atoms with E-state index in [-0.39, 0.29) is 29.5 Å². The van der Waals surface area contributed by atoms with E-state index in [0.717, 1.165) is 0 Å². The molecule has 0 aliphatic carbocycles. The lowest BCUT2D eigenvalue weighted by molar-refractivity contribution is -0.138. The molecule has 0 unspecified atom stereocenters. The van der Waals surface area contributed by atoms with Crippen molar-refractivity contribution in [2.75, 3.05) is 11.5 Å². The molecule has 0 atom stereocenters. The summed E-state index contributed by atoms with van der Waals surface area (Å²) in [6.45, 7) is 3.63. The number of esters is 1. The van der Waals surface area contributed by atoms with Crippen LogP contribution in [0.2, 0.25) is 0 Å². The van der Waals surface area contributed by atoms with Crippen LogP contribution in [0.4, 0.5) is 10.1 Å². The van der Waals surface area contributed by atoms with Crippen LogP contribution >= 0.6 is 0 Å². The van der Waals surface area contributed by atoms with Crippen LogP contribution in [0.15, 0.2) is 71.4 Å². The van der Waals surface area contributed by atoms with Gasteiger partial charge in [0.25, 0.3) is 5.91 Å². The van der Waals surface area contributed by atoms with Crippen LogP contribution in [-0.4, -0.2) is 18.5 Å². The first-order valence-corrected chi connectivity index (χ1v) is 8.28. The Kier molecular flexibility index (Phi) is 4.98. The van der Waals surface area contributed by atoms with Gasteiger partial charge in [0.05, 0.1) is 17.8 Å². The Bertz CT molecular complexity index is 899. The molecule has 2 aromatic rings. The molecule has 1 aliphatic heterocycles. The summed E-state index contributed by atoms with van der Waals surface area (Å²) < 4.78 is 18.3. The van der Waals surface area contributed by atoms with Crippen LogP contribution in [0.5, 0.6) is 0 Å². The summed E-state index contributed by atoms with van der Waals surface area (Å²) in [5, 5.41) is 0. The number of allylic oxidation sites excluding steroid dienone is 1. The van der Waals surface area contributed by atoms with Crippen LogP contribution in [0, 0.1) is 5.82 Å². The summed E-state index contributed by atoms with van der Waals surface area (Å²) in [5.74, 6) is -1.24. The molecule has 3 rings (SSSR count). The zero-order valence-electron chi connectivity index (χ0n) is 14.5. The largest absolute Gasteiger partial charge is 0.462 e. The molecule has 0 bridgehead atoms. The van der Waals surface area contributed by atoms with Crippen molar-refractivity contribution in [1.29, 1.82) is 0 Å². The van der Waals surface area contributed by atoms with Gasteiger partial charge in [-0.15, -0.1) is 0 Å². The van der Waals surface area contributed by atoms with Crippen LogP contribution in [0.3, 0.4) is 0 Å². The maximum atomic E-state index is 13.1. The van der Waals surface area contributed by atoms with Gasteiger partial charge in [0.1, 0.15) is 5.82 Å². The van der Waals surface area contributed by atoms with Crippen molar-refractivity contribution in [3.63, 3.8) is 0 Å². The molecule has 0 aromatic heterocycles. The standard InChI is InChI=1S/C21H18FNO3/c1-3-26-21(25)19-14(2)23(17-7-5-4-6-8-17)20(24)18(19)13-15-9-11-16(22)12-10-15/h4-13H,3H2,1-2H3/b18-13-. The summed E-state index contributed by atoms with van der Waals surface area (Å²) in [6, 6.07) is 14.8. The van der Waals surface area contributed by atoms with Crippen LogP contribution in [0.25, 0.3) is 6.08 Å². The molecule has 0 fully saturated rings. The van der Waals surface area contributed by atoms with Gasteiger partial charge in [0.2, 0.25) is 0 Å². The Morgan fingerprint density at radius 2 is 1.77 bits per heavy atom. The van der Waals surface area contributed by atoms with Crippen molar-refractivity contribution in [1.82, 2.24) is 0 Å². The van der Waals surface area contributed by atoms with Gasteiger partial charge < -0.3 is 4.74 Å². The summed E-state index contributed by atoms with van der Waals surface area (Å²) in [4.78, 5) is 27.0. The van der Waals surface area contributed by atoms with E-state index < -0.39 is 5.97 Å². The predicted octanol–water partition coefficient (Wildman–Crippen LogP) is 4.09. The fourth-order valence-corrected chi connectivity index (χ4v) is 2.89. The maximum absolute atomic E-state index is 13.1. The third-order valence-electron chi connectivity index (χ3n) is 4.08. The quantitative estimate of drug-likeness (QED) is 0.616. The average Bonchev–Trinajstić information content (AvgIpc) is 2.88. The van der Waals surface area contributed by atoms with Crippen molar-refractivity contribution in [3.8, 4) is 0 Å². The molecule has 0 N–H and O–H groups in total. The smallest absolute Gasteiger partial charge is 0.340 e. The first-order chi connectivity index (χ1) is 12.5. The molecule has 0 saturated heterocycles. The van der Waals surface area contributed by atoms with Crippen LogP contribution < -0.4 is 4.90 Å². The van der Waals surface area contributed by atoms with E-state index in [1.165, 1.54) is 17.0 Å². The second kappa shape index (κ2) is 7.35. The number of hydrogen-bond donors (Lipinski definition) is 0. The number of anilines is 1. The normalized spacial score (nSPS) is 15.7. The van der Waals surface area contributed by atoms with Crippen molar-refractivity contribution >= 4 is 23.6 Å². The fourth-order valence-electron chi connectivity index (χ4n) is 2.89. The second-order valence-electron chi connectivity index (χ2n) is 5.77. The summed E-state index contributed by atoms with van der Waals surface area (Å²) in [6.07, 6.45) is 1.58. The molecule has 0 spiro atoms. The van der Waals surface area contributed by atoms with E-state index in [9.17, 15) is 14.0 Å². The van der Waals surface area contributed by atoms with Crippen molar-refractivity contribution < 1.29 is 18.7 Å². The van der Waals surface area contributed by atoms with E-state index in [2.05, 4.69) is 0 Å². The molecule has 1 heterocycles. The van der Waals surface area contributed by atoms with E-state index >= 15 is 0 Å². The Balaban J connectivity index is 2.11. The second-order valence-corrected chi connectivity index (χ2v) is 5.77. The zero-order chi connectivity index (χ0) is 18.7. The number of halogens is 1. The molecular weight excluding hydrogens is 333 g/mol. The van der Waals surface area contributed by atoms with E-state index in [1.54, 1.807) is 44.2 Å². The van der Waals surface area contributed by atoms with E-state index in [1.807, 2.05) is 18.2 Å². The van der Waals surface area contributed by atoms with Gasteiger partial charge in [-0.2, -0.15) is 0 Å². The van der Waals surface area contributed by atoms with E-state index in [0.29, 0.717) is 16.9 Å². The number of carbonyl (C=O) groups is 2. The van der Waals surface area contributed by atoms with Gasteiger partial charge in [-0.1, -0.05) is 30.3 Å². The highest BCUT2D eigenvalue weighted by Gasteiger charge is 2.37. The molecule has 132 valence electrons. The molecule has 4 nitrogen and oxygen atoms in total. The number of ether oxygens (including phenoxy) is 1. The number of nitrogens with zero attached hydrogens (tertiary/aromatic N) is 1. The highest BCUT2D eigenvalue weighted by molar-refractivity contribution is 6.23. The highest BCUT2D eigenvalue weighted by atomic mass is 19.1. The Hall–Kier alpha value is -3.21. The number of amides is 1. The minimum atomic E-state index is -0.551. The SMILES string of the molecule is CCOC(=O)C1=C(C)N(c2ccccc2)C(=O)/C1=C\c1ccc(F)cc1. The van der Waals surface area contributed by atoms with Gasteiger partial charge in [-0.05, 0) is 49.8 Å². The first kappa shape index (κ1) is 17.6. The van der Waals surface area contributed by atoms with Gasteiger partial charge in [-0.25, -0.2) is 9.18 Å². The monoisotopic (exact) mass is 351 g/mol. The highest BCUT2D eigenvalue weighted by Crippen LogP contribution is 2.35. The zero-order valence-corrected chi connectivity index (χ0v) is 14.5. The third kappa shape index (κ3) is 3.28. The lowest BCUT2D eigenvalue weighted by Gasteiger charge is -2.17. The lowest BCUT2D eigenvalue weighted by atomic mass is 10.0. The number of para-hydroxylation sites is 1. The fraction of sp³-hybridized carbons (Fsp3) is 0.143. The number of carbonyl (C=O) groups excluding carboxylic acids is 2. The Morgan fingerprint density at radius 3 is 2.38 bits per heavy atom.